The van der Waals surface area contributed by atoms with Crippen LogP contribution in [0.25, 0.3) is 11.1 Å². The number of aromatic nitrogens is 2. The molecule has 0 bridgehead atoms. The molecule has 2 aromatic carbocycles. The molecule has 3 rings (SSSR count). The van der Waals surface area contributed by atoms with Crippen LogP contribution in [-0.4, -0.2) is 32.1 Å². The van der Waals surface area contributed by atoms with E-state index < -0.39 is 17.1 Å². The van der Waals surface area contributed by atoms with Gasteiger partial charge in [-0.2, -0.15) is 0 Å². The number of esters is 1. The van der Waals surface area contributed by atoms with Gasteiger partial charge in [-0.1, -0.05) is 83.5 Å². The Balaban J connectivity index is 2.05. The first-order valence-corrected chi connectivity index (χ1v) is 14.2. The maximum atomic E-state index is 12.9. The number of rotatable bonds is 11. The summed E-state index contributed by atoms with van der Waals surface area (Å²) < 4.78 is 7.49. The minimum absolute atomic E-state index is 0.169. The number of amides is 1. The number of carbonyl (C=O) groups is 2. The highest BCUT2D eigenvalue weighted by Gasteiger charge is 2.43. The largest absolute Gasteiger partial charge is 0.456 e. The third kappa shape index (κ3) is 6.64. The van der Waals surface area contributed by atoms with Crippen LogP contribution in [0, 0.1) is 11.8 Å². The molecule has 0 radical (unpaired) electrons. The molecule has 0 saturated heterocycles. The van der Waals surface area contributed by atoms with Crippen LogP contribution in [0.3, 0.4) is 0 Å². The SMILES string of the molecule is CCCCc1nc(C(O)(C(C)C)C(C)C)c(C(N)=O)n1Cc1ccc(-c2ccccc2C(=O)OC(C)(C)C)cc1. The monoisotopic (exact) mass is 547 g/mol. The lowest BCUT2D eigenvalue weighted by Crippen LogP contribution is -2.40. The van der Waals surface area contributed by atoms with E-state index in [0.29, 0.717) is 24.2 Å². The minimum Gasteiger partial charge on any atom is -0.456 e. The van der Waals surface area contributed by atoms with E-state index in [2.05, 4.69) is 6.92 Å². The van der Waals surface area contributed by atoms with Gasteiger partial charge in [0.05, 0.1) is 5.56 Å². The first-order valence-electron chi connectivity index (χ1n) is 14.2. The van der Waals surface area contributed by atoms with Crippen LogP contribution in [0.5, 0.6) is 0 Å². The smallest absolute Gasteiger partial charge is 0.339 e. The highest BCUT2D eigenvalue weighted by atomic mass is 16.6. The second-order valence-electron chi connectivity index (χ2n) is 12.2. The lowest BCUT2D eigenvalue weighted by Gasteiger charge is -2.35. The maximum Gasteiger partial charge on any atom is 0.339 e. The Labute approximate surface area is 238 Å². The summed E-state index contributed by atoms with van der Waals surface area (Å²) >= 11 is 0. The maximum absolute atomic E-state index is 12.9. The second kappa shape index (κ2) is 12.4. The number of primary amides is 1. The number of carbonyl (C=O) groups excluding carboxylic acids is 2. The zero-order valence-electron chi connectivity index (χ0n) is 25.2. The van der Waals surface area contributed by atoms with Gasteiger partial charge in [-0.05, 0) is 61.8 Å². The molecule has 0 unspecified atom stereocenters. The molecular weight excluding hydrogens is 502 g/mol. The summed E-state index contributed by atoms with van der Waals surface area (Å²) in [5.74, 6) is -0.570. The first kappa shape index (κ1) is 31.1. The predicted octanol–water partition coefficient (Wildman–Crippen LogP) is 6.49. The van der Waals surface area contributed by atoms with E-state index in [1.54, 1.807) is 6.07 Å². The number of unbranched alkanes of at least 4 members (excludes halogenated alkanes) is 1. The average molecular weight is 548 g/mol. The Morgan fingerprint density at radius 1 is 1.00 bits per heavy atom. The summed E-state index contributed by atoms with van der Waals surface area (Å²) in [5.41, 5.74) is 7.78. The Morgan fingerprint density at radius 2 is 1.60 bits per heavy atom. The van der Waals surface area contributed by atoms with Crippen molar-refractivity contribution in [1.29, 1.82) is 0 Å². The van der Waals surface area contributed by atoms with Crippen molar-refractivity contribution in [2.24, 2.45) is 17.6 Å². The van der Waals surface area contributed by atoms with Crippen molar-refractivity contribution in [3.63, 3.8) is 0 Å². The predicted molar refractivity (Wildman–Crippen MR) is 159 cm³/mol. The van der Waals surface area contributed by atoms with Gasteiger partial charge in [0.1, 0.15) is 28.4 Å². The Bertz CT molecular complexity index is 1320. The van der Waals surface area contributed by atoms with Crippen molar-refractivity contribution in [3.8, 4) is 11.1 Å². The van der Waals surface area contributed by atoms with Crippen LogP contribution in [0.1, 0.15) is 106 Å². The summed E-state index contributed by atoms with van der Waals surface area (Å²) in [6.07, 6.45) is 2.54. The standard InChI is InChI=1S/C33H45N3O4/c1-9-10-15-27-35-29(33(39,21(2)3)22(4)5)28(30(34)37)36(27)20-23-16-18-24(19-17-23)25-13-11-12-14-26(25)31(38)40-32(6,7)8/h11-14,16-19,21-22,39H,9-10,15,20H2,1-8H3,(H2,34,37). The normalized spacial score (nSPS) is 12.3. The molecule has 7 nitrogen and oxygen atoms in total. The quantitative estimate of drug-likeness (QED) is 0.267. The van der Waals surface area contributed by atoms with Crippen LogP contribution in [0.15, 0.2) is 48.5 Å². The van der Waals surface area contributed by atoms with Gasteiger partial charge in [-0.15, -0.1) is 0 Å². The summed E-state index contributed by atoms with van der Waals surface area (Å²) in [5, 5.41) is 11.8. The van der Waals surface area contributed by atoms with Crippen LogP contribution in [-0.2, 0) is 23.3 Å². The van der Waals surface area contributed by atoms with E-state index in [-0.39, 0.29) is 23.5 Å². The molecule has 7 heteroatoms. The molecule has 0 aliphatic carbocycles. The van der Waals surface area contributed by atoms with E-state index in [1.807, 2.05) is 95.5 Å². The number of hydrogen-bond donors (Lipinski definition) is 2. The van der Waals surface area contributed by atoms with Gasteiger partial charge in [0.2, 0.25) is 0 Å². The number of nitrogens with zero attached hydrogens (tertiary/aromatic N) is 2. The van der Waals surface area contributed by atoms with Gasteiger partial charge < -0.3 is 20.1 Å². The molecule has 1 heterocycles. The van der Waals surface area contributed by atoms with Crippen LogP contribution >= 0.6 is 0 Å². The lowest BCUT2D eigenvalue weighted by molar-refractivity contribution is -0.0571. The number of aryl methyl sites for hydroxylation is 1. The Hall–Kier alpha value is -3.45. The zero-order chi connectivity index (χ0) is 29.8. The minimum atomic E-state index is -1.30. The fraction of sp³-hybridized carbons (Fsp3) is 0.485. The number of aliphatic hydroxyl groups is 1. The second-order valence-corrected chi connectivity index (χ2v) is 12.2. The van der Waals surface area contributed by atoms with Crippen LogP contribution in [0.4, 0.5) is 0 Å². The van der Waals surface area contributed by atoms with Crippen molar-refractivity contribution < 1.29 is 19.4 Å². The van der Waals surface area contributed by atoms with Crippen LogP contribution in [0.2, 0.25) is 0 Å². The van der Waals surface area contributed by atoms with Gasteiger partial charge >= 0.3 is 5.97 Å². The van der Waals surface area contributed by atoms with Gasteiger partial charge in [0, 0.05) is 13.0 Å². The summed E-state index contributed by atoms with van der Waals surface area (Å²) in [6, 6.07) is 15.3. The van der Waals surface area contributed by atoms with Crippen molar-refractivity contribution in [2.45, 2.75) is 92.4 Å². The summed E-state index contributed by atoms with van der Waals surface area (Å²) in [6.45, 7) is 15.8. The molecule has 0 fully saturated rings. The molecule has 0 aliphatic rings. The molecule has 0 spiro atoms. The third-order valence-electron chi connectivity index (χ3n) is 7.33. The van der Waals surface area contributed by atoms with E-state index in [1.165, 1.54) is 0 Å². The molecule has 1 amide bonds. The van der Waals surface area contributed by atoms with E-state index in [4.69, 9.17) is 15.5 Å². The fourth-order valence-electron chi connectivity index (χ4n) is 5.16. The van der Waals surface area contributed by atoms with E-state index >= 15 is 0 Å². The molecule has 0 saturated carbocycles. The topological polar surface area (TPSA) is 107 Å². The van der Waals surface area contributed by atoms with Crippen molar-refractivity contribution in [1.82, 2.24) is 9.55 Å². The van der Waals surface area contributed by atoms with Gasteiger partial charge in [-0.25, -0.2) is 9.78 Å². The zero-order valence-corrected chi connectivity index (χ0v) is 25.2. The number of imidazole rings is 1. The molecule has 216 valence electrons. The Morgan fingerprint density at radius 3 is 2.12 bits per heavy atom. The molecule has 40 heavy (non-hydrogen) atoms. The summed E-state index contributed by atoms with van der Waals surface area (Å²) in [7, 11) is 0. The molecule has 0 atom stereocenters. The first-order chi connectivity index (χ1) is 18.7. The van der Waals surface area contributed by atoms with Crippen molar-refractivity contribution >= 4 is 11.9 Å². The number of benzene rings is 2. The highest BCUT2D eigenvalue weighted by Crippen LogP contribution is 2.39. The number of nitrogens with two attached hydrogens (primary N) is 1. The summed E-state index contributed by atoms with van der Waals surface area (Å²) in [4.78, 5) is 30.6. The number of ether oxygens (including phenoxy) is 1. The molecule has 3 aromatic rings. The average Bonchev–Trinajstić information content (AvgIpc) is 3.24. The van der Waals surface area contributed by atoms with Crippen molar-refractivity contribution in [2.75, 3.05) is 0 Å². The van der Waals surface area contributed by atoms with Gasteiger partial charge in [0.15, 0.2) is 0 Å². The highest BCUT2D eigenvalue weighted by molar-refractivity contribution is 5.97. The number of hydrogen-bond acceptors (Lipinski definition) is 5. The fourth-order valence-corrected chi connectivity index (χ4v) is 5.16. The third-order valence-corrected chi connectivity index (χ3v) is 7.33. The van der Waals surface area contributed by atoms with E-state index in [9.17, 15) is 14.7 Å². The molecule has 1 aromatic heterocycles. The molecule has 0 aliphatic heterocycles. The van der Waals surface area contributed by atoms with Crippen LogP contribution < -0.4 is 5.73 Å². The lowest BCUT2D eigenvalue weighted by atomic mass is 9.77. The van der Waals surface area contributed by atoms with Gasteiger partial charge in [0.25, 0.3) is 5.91 Å². The molecule has 3 N–H and O–H groups in total. The van der Waals surface area contributed by atoms with Gasteiger partial charge in [-0.3, -0.25) is 4.79 Å². The van der Waals surface area contributed by atoms with Crippen molar-refractivity contribution in [3.05, 3.63) is 76.9 Å². The van der Waals surface area contributed by atoms with E-state index in [0.717, 1.165) is 35.4 Å². The molecular formula is C33H45N3O4. The Kier molecular flexibility index (Phi) is 9.62.